The Labute approximate surface area is 139 Å². The highest BCUT2D eigenvalue weighted by Crippen LogP contribution is 2.26. The Balaban J connectivity index is 2.02. The number of carbonyl (C=O) groups excluding carboxylic acids is 1. The van der Waals surface area contributed by atoms with Gasteiger partial charge in [-0.15, -0.1) is 6.58 Å². The van der Waals surface area contributed by atoms with Crippen LogP contribution in [0.1, 0.15) is 16.1 Å². The molecule has 0 aliphatic heterocycles. The van der Waals surface area contributed by atoms with Crippen molar-refractivity contribution >= 4 is 11.6 Å². The van der Waals surface area contributed by atoms with Gasteiger partial charge in [-0.2, -0.15) is 5.10 Å². The van der Waals surface area contributed by atoms with Crippen molar-refractivity contribution in [3.8, 4) is 16.9 Å². The molecule has 0 fully saturated rings. The molecule has 0 aliphatic carbocycles. The fraction of sp³-hybridized carbons (Fsp3) is 0.167. The number of amides is 1. The van der Waals surface area contributed by atoms with Crippen molar-refractivity contribution in [2.45, 2.75) is 6.92 Å². The second-order valence-electron chi connectivity index (χ2n) is 5.28. The van der Waals surface area contributed by atoms with Gasteiger partial charge in [0.25, 0.3) is 5.91 Å². The van der Waals surface area contributed by atoms with Gasteiger partial charge in [-0.25, -0.2) is 9.50 Å². The van der Waals surface area contributed by atoms with Crippen LogP contribution >= 0.6 is 0 Å². The average Bonchev–Trinajstić information content (AvgIpc) is 3.05. The number of methoxy groups -OCH3 is 1. The van der Waals surface area contributed by atoms with E-state index < -0.39 is 0 Å². The smallest absolute Gasteiger partial charge is 0.254 e. The van der Waals surface area contributed by atoms with Crippen LogP contribution < -0.4 is 10.1 Å². The van der Waals surface area contributed by atoms with Crippen LogP contribution in [0.3, 0.4) is 0 Å². The summed E-state index contributed by atoms with van der Waals surface area (Å²) in [6.07, 6.45) is 4.97. The van der Waals surface area contributed by atoms with E-state index in [4.69, 9.17) is 4.74 Å². The number of nitrogens with one attached hydrogen (secondary N) is 1. The third-order valence-electron chi connectivity index (χ3n) is 3.82. The summed E-state index contributed by atoms with van der Waals surface area (Å²) in [7, 11) is 1.63. The molecule has 0 saturated heterocycles. The van der Waals surface area contributed by atoms with Gasteiger partial charge in [0.05, 0.1) is 24.6 Å². The molecule has 122 valence electrons. The monoisotopic (exact) mass is 322 g/mol. The minimum atomic E-state index is -0.191. The van der Waals surface area contributed by atoms with Crippen LogP contribution in [0.2, 0.25) is 0 Å². The molecule has 1 aromatic carbocycles. The largest absolute Gasteiger partial charge is 0.497 e. The van der Waals surface area contributed by atoms with Gasteiger partial charge in [0, 0.05) is 18.3 Å². The van der Waals surface area contributed by atoms with E-state index in [1.54, 1.807) is 30.1 Å². The van der Waals surface area contributed by atoms with Crippen molar-refractivity contribution in [1.29, 1.82) is 0 Å². The molecule has 6 nitrogen and oxygen atoms in total. The molecule has 3 rings (SSSR count). The van der Waals surface area contributed by atoms with Gasteiger partial charge in [-0.3, -0.25) is 4.79 Å². The lowest BCUT2D eigenvalue weighted by Gasteiger charge is -2.08. The number of carbonyl (C=O) groups is 1. The van der Waals surface area contributed by atoms with E-state index in [0.29, 0.717) is 17.8 Å². The van der Waals surface area contributed by atoms with Crippen molar-refractivity contribution in [2.24, 2.45) is 0 Å². The number of aromatic nitrogens is 3. The molecule has 0 bridgehead atoms. The van der Waals surface area contributed by atoms with Crippen LogP contribution in [0.4, 0.5) is 0 Å². The lowest BCUT2D eigenvalue weighted by Crippen LogP contribution is -2.25. The third kappa shape index (κ3) is 2.74. The summed E-state index contributed by atoms with van der Waals surface area (Å²) in [5.74, 6) is 0.601. The first-order valence-corrected chi connectivity index (χ1v) is 7.52. The van der Waals surface area contributed by atoms with Crippen molar-refractivity contribution in [2.75, 3.05) is 13.7 Å². The molecule has 0 unspecified atom stereocenters. The van der Waals surface area contributed by atoms with Crippen LogP contribution in [0.5, 0.6) is 5.75 Å². The zero-order chi connectivity index (χ0) is 17.1. The molecular weight excluding hydrogens is 304 g/mol. The number of hydrogen-bond acceptors (Lipinski definition) is 4. The number of benzene rings is 1. The lowest BCUT2D eigenvalue weighted by molar-refractivity contribution is 0.0956. The van der Waals surface area contributed by atoms with Crippen LogP contribution in [0.25, 0.3) is 16.8 Å². The summed E-state index contributed by atoms with van der Waals surface area (Å²) in [5.41, 5.74) is 3.83. The normalized spacial score (nSPS) is 10.6. The molecule has 0 aliphatic rings. The molecule has 6 heteroatoms. The summed E-state index contributed by atoms with van der Waals surface area (Å²) in [6.45, 7) is 5.85. The van der Waals surface area contributed by atoms with E-state index >= 15 is 0 Å². The van der Waals surface area contributed by atoms with Crippen molar-refractivity contribution in [3.63, 3.8) is 0 Å². The van der Waals surface area contributed by atoms with E-state index in [0.717, 1.165) is 22.6 Å². The van der Waals surface area contributed by atoms with Crippen molar-refractivity contribution < 1.29 is 9.53 Å². The van der Waals surface area contributed by atoms with Crippen molar-refractivity contribution in [3.05, 3.63) is 60.6 Å². The number of nitrogens with zero attached hydrogens (tertiary/aromatic N) is 3. The fourth-order valence-corrected chi connectivity index (χ4v) is 2.50. The van der Waals surface area contributed by atoms with Crippen LogP contribution in [0.15, 0.2) is 49.3 Å². The summed E-state index contributed by atoms with van der Waals surface area (Å²) < 4.78 is 6.86. The topological polar surface area (TPSA) is 68.5 Å². The quantitative estimate of drug-likeness (QED) is 0.733. The Morgan fingerprint density at radius 3 is 2.75 bits per heavy atom. The first-order chi connectivity index (χ1) is 11.7. The summed E-state index contributed by atoms with van der Waals surface area (Å²) in [5, 5.41) is 7.14. The molecule has 0 saturated carbocycles. The average molecular weight is 322 g/mol. The number of ether oxygens (including phenoxy) is 1. The molecule has 0 radical (unpaired) electrons. The molecule has 2 heterocycles. The first kappa shape index (κ1) is 15.7. The van der Waals surface area contributed by atoms with Gasteiger partial charge in [0.15, 0.2) is 5.65 Å². The molecule has 2 aromatic heterocycles. The summed E-state index contributed by atoms with van der Waals surface area (Å²) in [6, 6.07) is 7.70. The maximum atomic E-state index is 12.2. The zero-order valence-electron chi connectivity index (χ0n) is 13.6. The maximum Gasteiger partial charge on any atom is 0.254 e. The lowest BCUT2D eigenvalue weighted by atomic mass is 10.1. The van der Waals surface area contributed by atoms with Gasteiger partial charge >= 0.3 is 0 Å². The number of fused-ring (bicyclic) bond motifs is 1. The second kappa shape index (κ2) is 6.54. The molecule has 24 heavy (non-hydrogen) atoms. The van der Waals surface area contributed by atoms with Crippen LogP contribution in [-0.4, -0.2) is 34.2 Å². The zero-order valence-corrected chi connectivity index (χ0v) is 13.6. The highest BCUT2D eigenvalue weighted by atomic mass is 16.5. The Morgan fingerprint density at radius 1 is 1.33 bits per heavy atom. The predicted molar refractivity (Wildman–Crippen MR) is 92.2 cm³/mol. The first-order valence-electron chi connectivity index (χ1n) is 7.52. The number of hydrogen-bond donors (Lipinski definition) is 1. The third-order valence-corrected chi connectivity index (χ3v) is 3.82. The number of aryl methyl sites for hydroxylation is 1. The Morgan fingerprint density at radius 2 is 2.08 bits per heavy atom. The van der Waals surface area contributed by atoms with Gasteiger partial charge in [0.2, 0.25) is 0 Å². The van der Waals surface area contributed by atoms with Gasteiger partial charge in [-0.1, -0.05) is 18.2 Å². The molecule has 3 aromatic rings. The number of rotatable bonds is 5. The molecule has 1 N–H and O–H groups in total. The summed E-state index contributed by atoms with van der Waals surface area (Å²) in [4.78, 5) is 16.6. The van der Waals surface area contributed by atoms with E-state index in [1.807, 2.05) is 31.2 Å². The minimum Gasteiger partial charge on any atom is -0.497 e. The summed E-state index contributed by atoms with van der Waals surface area (Å²) >= 11 is 0. The molecule has 0 spiro atoms. The second-order valence-corrected chi connectivity index (χ2v) is 5.28. The van der Waals surface area contributed by atoms with E-state index in [1.165, 1.54) is 0 Å². The highest BCUT2D eigenvalue weighted by Gasteiger charge is 2.15. The fourth-order valence-electron chi connectivity index (χ4n) is 2.50. The SMILES string of the molecule is C=CCNC(=O)c1cnc2c(-c3ccc(OC)cc3)cnn2c1C. The minimum absolute atomic E-state index is 0.191. The van der Waals surface area contributed by atoms with Gasteiger partial charge < -0.3 is 10.1 Å². The van der Waals surface area contributed by atoms with Crippen LogP contribution in [0, 0.1) is 6.92 Å². The van der Waals surface area contributed by atoms with E-state index in [2.05, 4.69) is 22.0 Å². The Bertz CT molecular complexity index is 897. The van der Waals surface area contributed by atoms with E-state index in [-0.39, 0.29) is 5.91 Å². The van der Waals surface area contributed by atoms with Crippen LogP contribution in [-0.2, 0) is 0 Å². The Kier molecular flexibility index (Phi) is 4.29. The van der Waals surface area contributed by atoms with Crippen molar-refractivity contribution in [1.82, 2.24) is 19.9 Å². The standard InChI is InChI=1S/C18H18N4O2/c1-4-9-19-18(23)15-10-20-17-16(11-21-22(17)12(15)2)13-5-7-14(24-3)8-6-13/h4-8,10-11H,1,9H2,2-3H3,(H,19,23). The van der Waals surface area contributed by atoms with Gasteiger partial charge in [-0.05, 0) is 24.6 Å². The highest BCUT2D eigenvalue weighted by molar-refractivity contribution is 5.95. The molecule has 0 atom stereocenters. The molecule has 1 amide bonds. The Hall–Kier alpha value is -3.15. The van der Waals surface area contributed by atoms with E-state index in [9.17, 15) is 4.79 Å². The van der Waals surface area contributed by atoms with Gasteiger partial charge in [0.1, 0.15) is 5.75 Å². The molecular formula is C18H18N4O2. The maximum absolute atomic E-state index is 12.2. The predicted octanol–water partition coefficient (Wildman–Crippen LogP) is 2.63.